The van der Waals surface area contributed by atoms with Crippen LogP contribution in [0, 0.1) is 11.9 Å². The summed E-state index contributed by atoms with van der Waals surface area (Å²) < 4.78 is 33.2. The minimum Gasteiger partial charge on any atom is -0.868 e. The number of rotatable bonds is 3. The standard InChI is InChI=1S/C18H16F2N4O5/c1-8-7-29-12-6-23-5-10(14(25)15(26)13(23)18(28)24(8)12)17(27)21-4-9-2-3-11(19)22-16(9)20/h2-3,5,8,12,26H,4,6-7H2,1H3,(H,21,27)/p-1/t8-,12+/m0/s1. The van der Waals surface area contributed by atoms with E-state index >= 15 is 0 Å². The normalized spacial score (nSPS) is 20.4. The summed E-state index contributed by atoms with van der Waals surface area (Å²) in [6, 6.07) is 1.79. The summed E-state index contributed by atoms with van der Waals surface area (Å²) in [6.45, 7) is 1.79. The fraction of sp³-hybridized carbons (Fsp3) is 0.333. The molecule has 1 N–H and O–H groups in total. The molecule has 2 atom stereocenters. The fourth-order valence-electron chi connectivity index (χ4n) is 3.47. The maximum Gasteiger partial charge on any atom is 0.272 e. The molecule has 1 saturated heterocycles. The molecular formula is C18H15F2N4O5-. The molecule has 29 heavy (non-hydrogen) atoms. The maximum atomic E-state index is 13.6. The van der Waals surface area contributed by atoms with Gasteiger partial charge >= 0.3 is 0 Å². The Morgan fingerprint density at radius 1 is 1.38 bits per heavy atom. The van der Waals surface area contributed by atoms with Crippen molar-refractivity contribution in [2.75, 3.05) is 6.61 Å². The quantitative estimate of drug-likeness (QED) is 0.703. The second-order valence-electron chi connectivity index (χ2n) is 6.82. The molecule has 0 bridgehead atoms. The number of nitrogens with one attached hydrogen (secondary N) is 1. The molecule has 2 aromatic rings. The molecule has 4 heterocycles. The Kier molecular flexibility index (Phi) is 4.53. The van der Waals surface area contributed by atoms with E-state index in [9.17, 15) is 28.3 Å². The van der Waals surface area contributed by atoms with Gasteiger partial charge in [-0.05, 0) is 24.8 Å². The van der Waals surface area contributed by atoms with E-state index in [1.807, 2.05) is 0 Å². The van der Waals surface area contributed by atoms with Crippen molar-refractivity contribution in [3.63, 3.8) is 0 Å². The van der Waals surface area contributed by atoms with Crippen LogP contribution >= 0.6 is 0 Å². The molecule has 0 aliphatic carbocycles. The first-order chi connectivity index (χ1) is 13.8. The third-order valence-corrected chi connectivity index (χ3v) is 4.92. The van der Waals surface area contributed by atoms with Crippen molar-refractivity contribution in [3.05, 3.63) is 57.3 Å². The first-order valence-corrected chi connectivity index (χ1v) is 8.75. The Balaban J connectivity index is 1.62. The lowest BCUT2D eigenvalue weighted by molar-refractivity contribution is -0.271. The van der Waals surface area contributed by atoms with E-state index in [-0.39, 0.29) is 30.4 Å². The van der Waals surface area contributed by atoms with E-state index in [0.29, 0.717) is 6.61 Å². The molecule has 2 amide bonds. The zero-order valence-electron chi connectivity index (χ0n) is 15.1. The Morgan fingerprint density at radius 3 is 2.86 bits per heavy atom. The van der Waals surface area contributed by atoms with Crippen LogP contribution in [0.25, 0.3) is 0 Å². The second kappa shape index (κ2) is 6.92. The summed E-state index contributed by atoms with van der Waals surface area (Å²) >= 11 is 0. The number of pyridine rings is 2. The van der Waals surface area contributed by atoms with E-state index in [2.05, 4.69) is 10.3 Å². The van der Waals surface area contributed by atoms with Crippen molar-refractivity contribution >= 4 is 11.8 Å². The molecule has 0 unspecified atom stereocenters. The molecule has 1 fully saturated rings. The zero-order chi connectivity index (χ0) is 20.9. The maximum absolute atomic E-state index is 13.6. The van der Waals surface area contributed by atoms with Crippen LogP contribution in [0.4, 0.5) is 8.78 Å². The fourth-order valence-corrected chi connectivity index (χ4v) is 3.47. The number of carbonyl (C=O) groups is 2. The van der Waals surface area contributed by atoms with E-state index in [4.69, 9.17) is 4.74 Å². The molecule has 11 heteroatoms. The molecule has 2 aliphatic rings. The lowest BCUT2D eigenvalue weighted by atomic mass is 10.1. The van der Waals surface area contributed by atoms with Gasteiger partial charge in [0.25, 0.3) is 11.8 Å². The number of hydrogen-bond donors (Lipinski definition) is 1. The van der Waals surface area contributed by atoms with E-state index in [1.54, 1.807) is 6.92 Å². The number of aromatic nitrogens is 2. The summed E-state index contributed by atoms with van der Waals surface area (Å²) in [5.74, 6) is -4.75. The molecule has 0 saturated carbocycles. The van der Waals surface area contributed by atoms with Gasteiger partial charge in [-0.25, -0.2) is 0 Å². The Bertz CT molecular complexity index is 1090. The second-order valence-corrected chi connectivity index (χ2v) is 6.82. The van der Waals surface area contributed by atoms with Crippen molar-refractivity contribution < 1.29 is 28.2 Å². The van der Waals surface area contributed by atoms with Gasteiger partial charge in [-0.3, -0.25) is 14.4 Å². The lowest BCUT2D eigenvalue weighted by Gasteiger charge is -2.35. The predicted octanol–water partition coefficient (Wildman–Crippen LogP) is -0.274. The molecule has 0 spiro atoms. The lowest BCUT2D eigenvalue weighted by Crippen LogP contribution is -2.49. The van der Waals surface area contributed by atoms with Gasteiger partial charge in [-0.15, -0.1) is 0 Å². The monoisotopic (exact) mass is 405 g/mol. The number of hydrogen-bond acceptors (Lipinski definition) is 6. The molecular weight excluding hydrogens is 390 g/mol. The Morgan fingerprint density at radius 2 is 2.14 bits per heavy atom. The summed E-state index contributed by atoms with van der Waals surface area (Å²) in [4.78, 5) is 41.9. The highest BCUT2D eigenvalue weighted by Crippen LogP contribution is 2.28. The minimum atomic E-state index is -1.13. The largest absolute Gasteiger partial charge is 0.868 e. The summed E-state index contributed by atoms with van der Waals surface area (Å²) in [7, 11) is 0. The Labute approximate surface area is 162 Å². The van der Waals surface area contributed by atoms with E-state index in [1.165, 1.54) is 9.47 Å². The number of nitrogens with zero attached hydrogens (tertiary/aromatic N) is 3. The summed E-state index contributed by atoms with van der Waals surface area (Å²) in [5.41, 5.74) is -2.04. The number of halogens is 2. The van der Waals surface area contributed by atoms with Gasteiger partial charge in [-0.2, -0.15) is 13.8 Å². The van der Waals surface area contributed by atoms with Gasteiger partial charge in [0, 0.05) is 18.3 Å². The van der Waals surface area contributed by atoms with Crippen LogP contribution < -0.4 is 15.9 Å². The van der Waals surface area contributed by atoms with Crippen molar-refractivity contribution in [1.29, 1.82) is 0 Å². The highest BCUT2D eigenvalue weighted by molar-refractivity contribution is 5.99. The summed E-state index contributed by atoms with van der Waals surface area (Å²) in [6.07, 6.45) is 0.525. The number of ether oxygens (including phenoxy) is 1. The van der Waals surface area contributed by atoms with Gasteiger partial charge in [0.05, 0.1) is 19.2 Å². The molecule has 2 aromatic heterocycles. The predicted molar refractivity (Wildman–Crippen MR) is 90.8 cm³/mol. The highest BCUT2D eigenvalue weighted by atomic mass is 19.1. The first-order valence-electron chi connectivity index (χ1n) is 8.75. The zero-order valence-corrected chi connectivity index (χ0v) is 15.1. The van der Waals surface area contributed by atoms with Gasteiger partial charge in [0.15, 0.2) is 11.7 Å². The number of amides is 2. The molecule has 0 aromatic carbocycles. The van der Waals surface area contributed by atoms with Gasteiger partial charge in [0.1, 0.15) is 11.3 Å². The van der Waals surface area contributed by atoms with Crippen LogP contribution in [-0.4, -0.2) is 45.1 Å². The van der Waals surface area contributed by atoms with Crippen molar-refractivity contribution in [1.82, 2.24) is 19.8 Å². The van der Waals surface area contributed by atoms with Crippen molar-refractivity contribution in [2.45, 2.75) is 32.3 Å². The topological polar surface area (TPSA) is 117 Å². The van der Waals surface area contributed by atoms with Gasteiger partial charge < -0.3 is 24.6 Å². The average Bonchev–Trinajstić information content (AvgIpc) is 3.04. The third kappa shape index (κ3) is 3.12. The molecule has 9 nitrogen and oxygen atoms in total. The SMILES string of the molecule is C[C@H]1CO[C@@H]2Cn3cc(C(=O)NCc4ccc(F)nc4F)c(=O)c([O-])c3C(=O)N12. The molecule has 4 rings (SSSR count). The molecule has 2 aliphatic heterocycles. The van der Waals surface area contributed by atoms with Crippen LogP contribution in [0.3, 0.4) is 0 Å². The molecule has 152 valence electrons. The van der Waals surface area contributed by atoms with E-state index < -0.39 is 46.7 Å². The van der Waals surface area contributed by atoms with Gasteiger partial charge in [-0.1, -0.05) is 0 Å². The number of fused-ring (bicyclic) bond motifs is 2. The van der Waals surface area contributed by atoms with Crippen LogP contribution in [0.15, 0.2) is 23.1 Å². The van der Waals surface area contributed by atoms with Crippen LogP contribution in [-0.2, 0) is 17.8 Å². The molecule has 0 radical (unpaired) electrons. The Hall–Kier alpha value is -3.34. The van der Waals surface area contributed by atoms with Crippen molar-refractivity contribution in [2.24, 2.45) is 0 Å². The van der Waals surface area contributed by atoms with Crippen LogP contribution in [0.2, 0.25) is 0 Å². The van der Waals surface area contributed by atoms with Crippen LogP contribution in [0.5, 0.6) is 5.75 Å². The first kappa shape index (κ1) is 19.0. The minimum absolute atomic E-state index is 0.0950. The highest BCUT2D eigenvalue weighted by Gasteiger charge is 2.41. The van der Waals surface area contributed by atoms with E-state index in [0.717, 1.165) is 18.3 Å². The smallest absolute Gasteiger partial charge is 0.272 e. The average molecular weight is 405 g/mol. The van der Waals surface area contributed by atoms with Crippen LogP contribution in [0.1, 0.15) is 33.3 Å². The summed E-state index contributed by atoms with van der Waals surface area (Å²) in [5, 5.41) is 14.8. The third-order valence-electron chi connectivity index (χ3n) is 4.92. The van der Waals surface area contributed by atoms with Crippen molar-refractivity contribution in [3.8, 4) is 5.75 Å². The number of carbonyl (C=O) groups excluding carboxylic acids is 2. The van der Waals surface area contributed by atoms with Gasteiger partial charge in [0.2, 0.25) is 11.9 Å².